The highest BCUT2D eigenvalue weighted by Gasteiger charge is 2.13. The Hall–Kier alpha value is -0.770. The number of nitrogens with one attached hydrogen (secondary N) is 3. The monoisotopic (exact) mass is 185 g/mol. The summed E-state index contributed by atoms with van der Waals surface area (Å²) in [4.78, 5) is 10.8. The Morgan fingerprint density at radius 3 is 3.08 bits per heavy atom. The van der Waals surface area contributed by atoms with Crippen LogP contribution in [0.15, 0.2) is 0 Å². The van der Waals surface area contributed by atoms with Crippen LogP contribution >= 0.6 is 0 Å². The predicted molar refractivity (Wildman–Crippen MR) is 52.7 cm³/mol. The largest absolute Gasteiger partial charge is 0.341 e. The van der Waals surface area contributed by atoms with Crippen molar-refractivity contribution >= 4 is 6.03 Å². The molecule has 0 spiro atoms. The van der Waals surface area contributed by atoms with Crippen molar-refractivity contribution in [3.05, 3.63) is 0 Å². The Balaban J connectivity index is 1.91. The highest BCUT2D eigenvalue weighted by molar-refractivity contribution is 5.73. The van der Waals surface area contributed by atoms with Crippen LogP contribution in [0.2, 0.25) is 0 Å². The van der Waals surface area contributed by atoms with Gasteiger partial charge in [-0.05, 0) is 38.3 Å². The summed E-state index contributed by atoms with van der Waals surface area (Å²) in [6, 6.07) is -0.0791. The van der Waals surface area contributed by atoms with Gasteiger partial charge in [-0.2, -0.15) is 0 Å². The molecule has 1 atom stereocenters. The van der Waals surface area contributed by atoms with E-state index in [9.17, 15) is 4.79 Å². The standard InChI is InChI=1S/C9H19N3O/c1-10-9(13)12-5-2-3-8-4-6-11-7-8/h8,11H,2-7H2,1H3,(H2,10,12,13). The molecule has 1 aliphatic rings. The van der Waals surface area contributed by atoms with Crippen LogP contribution in [0.4, 0.5) is 4.79 Å². The fraction of sp³-hybridized carbons (Fsp3) is 0.889. The van der Waals surface area contributed by atoms with Crippen molar-refractivity contribution in [1.29, 1.82) is 0 Å². The van der Waals surface area contributed by atoms with Crippen LogP contribution in [-0.4, -0.2) is 32.7 Å². The van der Waals surface area contributed by atoms with Crippen molar-refractivity contribution < 1.29 is 4.79 Å². The summed E-state index contributed by atoms with van der Waals surface area (Å²) in [5.41, 5.74) is 0. The molecule has 0 aliphatic carbocycles. The normalized spacial score (nSPS) is 21.5. The van der Waals surface area contributed by atoms with E-state index in [4.69, 9.17) is 0 Å². The molecule has 4 heteroatoms. The van der Waals surface area contributed by atoms with E-state index in [1.165, 1.54) is 12.8 Å². The van der Waals surface area contributed by atoms with E-state index >= 15 is 0 Å². The summed E-state index contributed by atoms with van der Waals surface area (Å²) < 4.78 is 0. The molecule has 2 amide bonds. The van der Waals surface area contributed by atoms with Gasteiger partial charge in [-0.1, -0.05) is 0 Å². The zero-order valence-corrected chi connectivity index (χ0v) is 8.23. The van der Waals surface area contributed by atoms with Gasteiger partial charge in [0.25, 0.3) is 0 Å². The molecule has 1 rings (SSSR count). The van der Waals surface area contributed by atoms with E-state index in [1.54, 1.807) is 7.05 Å². The molecule has 0 aromatic carbocycles. The molecule has 1 heterocycles. The highest BCUT2D eigenvalue weighted by Crippen LogP contribution is 2.13. The van der Waals surface area contributed by atoms with Crippen molar-refractivity contribution in [3.8, 4) is 0 Å². The van der Waals surface area contributed by atoms with E-state index in [1.807, 2.05) is 0 Å². The lowest BCUT2D eigenvalue weighted by Crippen LogP contribution is -2.33. The van der Waals surface area contributed by atoms with Crippen molar-refractivity contribution in [2.45, 2.75) is 19.3 Å². The number of urea groups is 1. The minimum absolute atomic E-state index is 0.0791. The number of rotatable bonds is 4. The third-order valence-corrected chi connectivity index (χ3v) is 2.46. The van der Waals surface area contributed by atoms with E-state index in [0.29, 0.717) is 0 Å². The van der Waals surface area contributed by atoms with Crippen LogP contribution in [0.25, 0.3) is 0 Å². The maximum absolute atomic E-state index is 10.8. The van der Waals surface area contributed by atoms with Gasteiger partial charge in [0.1, 0.15) is 0 Å². The van der Waals surface area contributed by atoms with Gasteiger partial charge in [0.05, 0.1) is 0 Å². The lowest BCUT2D eigenvalue weighted by atomic mass is 10.0. The highest BCUT2D eigenvalue weighted by atomic mass is 16.2. The summed E-state index contributed by atoms with van der Waals surface area (Å²) in [6.07, 6.45) is 3.59. The molecule has 0 aromatic rings. The van der Waals surface area contributed by atoms with Gasteiger partial charge in [0, 0.05) is 13.6 Å². The molecular formula is C9H19N3O. The van der Waals surface area contributed by atoms with Crippen LogP contribution in [0.5, 0.6) is 0 Å². The molecule has 1 saturated heterocycles. The SMILES string of the molecule is CNC(=O)NCCCC1CCNC1. The molecule has 1 unspecified atom stereocenters. The molecule has 0 saturated carbocycles. The molecule has 0 bridgehead atoms. The minimum Gasteiger partial charge on any atom is -0.341 e. The lowest BCUT2D eigenvalue weighted by molar-refractivity contribution is 0.242. The Morgan fingerprint density at radius 2 is 2.46 bits per heavy atom. The predicted octanol–water partition coefficient (Wildman–Crippen LogP) is 0.305. The summed E-state index contributed by atoms with van der Waals surface area (Å²) >= 11 is 0. The molecule has 1 fully saturated rings. The minimum atomic E-state index is -0.0791. The smallest absolute Gasteiger partial charge is 0.314 e. The van der Waals surface area contributed by atoms with E-state index < -0.39 is 0 Å². The zero-order valence-electron chi connectivity index (χ0n) is 8.23. The molecule has 0 aromatic heterocycles. The molecule has 1 aliphatic heterocycles. The molecule has 0 radical (unpaired) electrons. The molecule has 13 heavy (non-hydrogen) atoms. The first kappa shape index (κ1) is 10.3. The number of carbonyl (C=O) groups is 1. The fourth-order valence-electron chi connectivity index (χ4n) is 1.64. The Bertz CT molecular complexity index is 155. The number of hydrogen-bond donors (Lipinski definition) is 3. The molecular weight excluding hydrogens is 166 g/mol. The lowest BCUT2D eigenvalue weighted by Gasteiger charge is -2.08. The topological polar surface area (TPSA) is 53.2 Å². The van der Waals surface area contributed by atoms with Crippen molar-refractivity contribution in [3.63, 3.8) is 0 Å². The van der Waals surface area contributed by atoms with E-state index in [0.717, 1.165) is 32.0 Å². The van der Waals surface area contributed by atoms with Crippen molar-refractivity contribution in [2.24, 2.45) is 5.92 Å². The third-order valence-electron chi connectivity index (χ3n) is 2.46. The van der Waals surface area contributed by atoms with Gasteiger partial charge >= 0.3 is 6.03 Å². The second-order valence-corrected chi connectivity index (χ2v) is 3.51. The maximum Gasteiger partial charge on any atom is 0.314 e. The van der Waals surface area contributed by atoms with Crippen LogP contribution in [-0.2, 0) is 0 Å². The first-order valence-corrected chi connectivity index (χ1v) is 4.99. The van der Waals surface area contributed by atoms with Crippen molar-refractivity contribution in [2.75, 3.05) is 26.7 Å². The third kappa shape index (κ3) is 4.12. The second kappa shape index (κ2) is 5.80. The van der Waals surface area contributed by atoms with Gasteiger partial charge in [-0.3, -0.25) is 0 Å². The average molecular weight is 185 g/mol. The quantitative estimate of drug-likeness (QED) is 0.552. The van der Waals surface area contributed by atoms with Crippen LogP contribution in [0.3, 0.4) is 0 Å². The zero-order chi connectivity index (χ0) is 9.52. The van der Waals surface area contributed by atoms with Gasteiger partial charge in [0.2, 0.25) is 0 Å². The molecule has 3 N–H and O–H groups in total. The first-order valence-electron chi connectivity index (χ1n) is 4.99. The van der Waals surface area contributed by atoms with Gasteiger partial charge < -0.3 is 16.0 Å². The van der Waals surface area contributed by atoms with Gasteiger partial charge in [0.15, 0.2) is 0 Å². The molecule has 76 valence electrons. The van der Waals surface area contributed by atoms with Crippen LogP contribution in [0.1, 0.15) is 19.3 Å². The Kier molecular flexibility index (Phi) is 4.60. The van der Waals surface area contributed by atoms with Gasteiger partial charge in [-0.15, -0.1) is 0 Å². The summed E-state index contributed by atoms with van der Waals surface area (Å²) in [6.45, 7) is 3.10. The molecule has 4 nitrogen and oxygen atoms in total. The van der Waals surface area contributed by atoms with Crippen molar-refractivity contribution in [1.82, 2.24) is 16.0 Å². The number of amides is 2. The van der Waals surface area contributed by atoms with E-state index in [2.05, 4.69) is 16.0 Å². The summed E-state index contributed by atoms with van der Waals surface area (Å²) in [5.74, 6) is 0.825. The Labute approximate surface area is 79.5 Å². The summed E-state index contributed by atoms with van der Waals surface area (Å²) in [7, 11) is 1.64. The first-order chi connectivity index (χ1) is 6.33. The maximum atomic E-state index is 10.8. The summed E-state index contributed by atoms with van der Waals surface area (Å²) in [5, 5.41) is 8.65. The van der Waals surface area contributed by atoms with E-state index in [-0.39, 0.29) is 6.03 Å². The number of carbonyl (C=O) groups excluding carboxylic acids is 1. The van der Waals surface area contributed by atoms with Crippen LogP contribution in [0, 0.1) is 5.92 Å². The number of hydrogen-bond acceptors (Lipinski definition) is 2. The average Bonchev–Trinajstić information content (AvgIpc) is 2.64. The Morgan fingerprint density at radius 1 is 1.62 bits per heavy atom. The van der Waals surface area contributed by atoms with Gasteiger partial charge in [-0.25, -0.2) is 4.79 Å². The second-order valence-electron chi connectivity index (χ2n) is 3.51. The fourth-order valence-corrected chi connectivity index (χ4v) is 1.64. The van der Waals surface area contributed by atoms with Crippen LogP contribution < -0.4 is 16.0 Å².